The summed E-state index contributed by atoms with van der Waals surface area (Å²) < 4.78 is 6.37. The molecule has 1 aromatic heterocycles. The predicted octanol–water partition coefficient (Wildman–Crippen LogP) is 2.78. The van der Waals surface area contributed by atoms with Gasteiger partial charge in [-0.2, -0.15) is 0 Å². The molecule has 2 aromatic rings. The number of benzene rings is 1. The van der Waals surface area contributed by atoms with Crippen LogP contribution < -0.4 is 5.73 Å². The quantitative estimate of drug-likeness (QED) is 0.528. The van der Waals surface area contributed by atoms with Crippen LogP contribution in [0.3, 0.4) is 0 Å². The third-order valence-electron chi connectivity index (χ3n) is 2.23. The molecule has 19 heavy (non-hydrogen) atoms. The number of hydrogen-bond donors (Lipinski definition) is 1. The Kier molecular flexibility index (Phi) is 4.67. The van der Waals surface area contributed by atoms with Gasteiger partial charge in [-0.15, -0.1) is 10.2 Å². The molecule has 1 aromatic carbocycles. The van der Waals surface area contributed by atoms with Crippen LogP contribution in [-0.4, -0.2) is 29.5 Å². The van der Waals surface area contributed by atoms with Crippen LogP contribution in [0.2, 0.25) is 0 Å². The number of anilines is 1. The first-order chi connectivity index (χ1) is 9.15. The molecule has 0 saturated carbocycles. The van der Waals surface area contributed by atoms with Gasteiger partial charge in [0.15, 0.2) is 8.68 Å². The van der Waals surface area contributed by atoms with E-state index in [9.17, 15) is 4.79 Å². The fourth-order valence-electron chi connectivity index (χ4n) is 1.34. The van der Waals surface area contributed by atoms with E-state index in [0.717, 1.165) is 13.6 Å². The highest BCUT2D eigenvalue weighted by Crippen LogP contribution is 2.36. The van der Waals surface area contributed by atoms with Crippen molar-refractivity contribution in [2.75, 3.05) is 19.1 Å². The van der Waals surface area contributed by atoms with Crippen molar-refractivity contribution in [2.24, 2.45) is 0 Å². The number of rotatable bonds is 4. The van der Waals surface area contributed by atoms with Crippen LogP contribution in [0.5, 0.6) is 0 Å². The van der Waals surface area contributed by atoms with Gasteiger partial charge in [-0.05, 0) is 18.4 Å². The number of nitrogens with two attached hydrogens (primary N) is 1. The Bertz CT molecular complexity index is 601. The Balaban J connectivity index is 2.27. The summed E-state index contributed by atoms with van der Waals surface area (Å²) in [6.45, 7) is 0. The molecule has 0 fully saturated rings. The molecule has 8 heteroatoms. The minimum atomic E-state index is -0.443. The Morgan fingerprint density at radius 3 is 2.74 bits per heavy atom. The lowest BCUT2D eigenvalue weighted by molar-refractivity contribution is 0.0601. The maximum absolute atomic E-state index is 11.5. The Labute approximate surface area is 122 Å². The summed E-state index contributed by atoms with van der Waals surface area (Å²) in [5.41, 5.74) is 6.74. The first-order valence-corrected chi connectivity index (χ1v) is 8.03. The van der Waals surface area contributed by atoms with Crippen LogP contribution in [0.15, 0.2) is 31.8 Å². The predicted molar refractivity (Wildman–Crippen MR) is 78.0 cm³/mol. The molecule has 0 spiro atoms. The lowest BCUT2D eigenvalue weighted by atomic mass is 10.2. The van der Waals surface area contributed by atoms with E-state index < -0.39 is 5.97 Å². The molecule has 0 radical (unpaired) electrons. The number of para-hydroxylation sites is 1. The number of hydrogen-bond acceptors (Lipinski definition) is 8. The average Bonchev–Trinajstić information content (AvgIpc) is 2.88. The standard InChI is InChI=1S/C11H11N3O2S3/c1-16-9(15)6-4-3-5-7(8(6)12)18-11-14-13-10(17-2)19-11/h3-5H,12H2,1-2H3. The zero-order valence-corrected chi connectivity index (χ0v) is 12.7. The van der Waals surface area contributed by atoms with Gasteiger partial charge in [0, 0.05) is 4.90 Å². The first-order valence-electron chi connectivity index (χ1n) is 5.18. The summed E-state index contributed by atoms with van der Waals surface area (Å²) in [6.07, 6.45) is 1.95. The van der Waals surface area contributed by atoms with Crippen LogP contribution in [0.4, 0.5) is 5.69 Å². The van der Waals surface area contributed by atoms with E-state index in [1.807, 2.05) is 12.3 Å². The molecule has 0 aliphatic carbocycles. The van der Waals surface area contributed by atoms with Gasteiger partial charge in [0.05, 0.1) is 18.4 Å². The van der Waals surface area contributed by atoms with Gasteiger partial charge >= 0.3 is 5.97 Å². The van der Waals surface area contributed by atoms with Crippen molar-refractivity contribution in [3.8, 4) is 0 Å². The lowest BCUT2D eigenvalue weighted by Gasteiger charge is -2.07. The summed E-state index contributed by atoms with van der Waals surface area (Å²) in [6, 6.07) is 5.24. The van der Waals surface area contributed by atoms with Crippen LogP contribution in [0, 0.1) is 0 Å². The van der Waals surface area contributed by atoms with E-state index >= 15 is 0 Å². The molecule has 0 unspecified atom stereocenters. The van der Waals surface area contributed by atoms with Crippen LogP contribution in [0.25, 0.3) is 0 Å². The van der Waals surface area contributed by atoms with Crippen molar-refractivity contribution in [3.63, 3.8) is 0 Å². The van der Waals surface area contributed by atoms with Gasteiger partial charge < -0.3 is 10.5 Å². The number of nitrogen functional groups attached to an aromatic ring is 1. The van der Waals surface area contributed by atoms with Crippen LogP contribution in [-0.2, 0) is 4.74 Å². The fourth-order valence-corrected chi connectivity index (χ4v) is 3.81. The van der Waals surface area contributed by atoms with Crippen molar-refractivity contribution >= 4 is 46.5 Å². The Morgan fingerprint density at radius 2 is 2.11 bits per heavy atom. The molecular formula is C11H11N3O2S3. The van der Waals surface area contributed by atoms with E-state index in [0.29, 0.717) is 11.3 Å². The van der Waals surface area contributed by atoms with Crippen molar-refractivity contribution in [1.29, 1.82) is 0 Å². The van der Waals surface area contributed by atoms with E-state index in [1.165, 1.54) is 30.2 Å². The molecule has 2 N–H and O–H groups in total. The number of esters is 1. The maximum atomic E-state index is 11.5. The number of thioether (sulfide) groups is 1. The second-order valence-corrected chi connectivity index (χ2v) is 6.67. The Morgan fingerprint density at radius 1 is 1.37 bits per heavy atom. The van der Waals surface area contributed by atoms with Gasteiger partial charge in [-0.25, -0.2) is 4.79 Å². The molecular weight excluding hydrogens is 302 g/mol. The van der Waals surface area contributed by atoms with Crippen molar-refractivity contribution in [1.82, 2.24) is 10.2 Å². The second kappa shape index (κ2) is 6.27. The highest BCUT2D eigenvalue weighted by molar-refractivity contribution is 8.03. The van der Waals surface area contributed by atoms with Crippen molar-refractivity contribution in [3.05, 3.63) is 23.8 Å². The molecule has 0 aliphatic rings. The molecule has 1 heterocycles. The maximum Gasteiger partial charge on any atom is 0.339 e. The van der Waals surface area contributed by atoms with E-state index in [4.69, 9.17) is 5.73 Å². The normalized spacial score (nSPS) is 10.4. The zero-order valence-electron chi connectivity index (χ0n) is 10.2. The van der Waals surface area contributed by atoms with E-state index in [-0.39, 0.29) is 0 Å². The summed E-state index contributed by atoms with van der Waals surface area (Å²) in [5, 5.41) is 8.07. The number of nitrogens with zero attached hydrogens (tertiary/aromatic N) is 2. The number of carbonyl (C=O) groups excluding carboxylic acids is 1. The third kappa shape index (κ3) is 3.20. The van der Waals surface area contributed by atoms with Gasteiger partial charge in [0.2, 0.25) is 0 Å². The molecule has 100 valence electrons. The molecule has 0 bridgehead atoms. The zero-order chi connectivity index (χ0) is 13.8. The minimum Gasteiger partial charge on any atom is -0.465 e. The van der Waals surface area contributed by atoms with Crippen LogP contribution in [0.1, 0.15) is 10.4 Å². The minimum absolute atomic E-state index is 0.363. The average molecular weight is 313 g/mol. The first kappa shape index (κ1) is 14.2. The lowest BCUT2D eigenvalue weighted by Crippen LogP contribution is -2.06. The molecule has 0 atom stereocenters. The fraction of sp³-hybridized carbons (Fsp3) is 0.182. The van der Waals surface area contributed by atoms with E-state index in [1.54, 1.807) is 23.9 Å². The molecule has 5 nitrogen and oxygen atoms in total. The van der Waals surface area contributed by atoms with Gasteiger partial charge in [0.25, 0.3) is 0 Å². The second-order valence-electron chi connectivity index (χ2n) is 3.35. The largest absolute Gasteiger partial charge is 0.465 e. The highest BCUT2D eigenvalue weighted by Gasteiger charge is 2.14. The topological polar surface area (TPSA) is 78.1 Å². The number of aromatic nitrogens is 2. The Hall–Kier alpha value is -1.25. The monoisotopic (exact) mass is 313 g/mol. The van der Waals surface area contributed by atoms with Crippen LogP contribution >= 0.6 is 34.9 Å². The summed E-state index contributed by atoms with van der Waals surface area (Å²) in [5.74, 6) is -0.443. The summed E-state index contributed by atoms with van der Waals surface area (Å²) in [4.78, 5) is 12.3. The van der Waals surface area contributed by atoms with Gasteiger partial charge in [0.1, 0.15) is 0 Å². The smallest absolute Gasteiger partial charge is 0.339 e. The third-order valence-corrected chi connectivity index (χ3v) is 5.26. The van der Waals surface area contributed by atoms with E-state index in [2.05, 4.69) is 14.9 Å². The number of methoxy groups -OCH3 is 1. The molecule has 0 aliphatic heterocycles. The molecule has 0 saturated heterocycles. The number of ether oxygens (including phenoxy) is 1. The molecule has 2 rings (SSSR count). The highest BCUT2D eigenvalue weighted by atomic mass is 32.2. The SMILES string of the molecule is COC(=O)c1cccc(Sc2nnc(SC)s2)c1N. The number of carbonyl (C=O) groups is 1. The van der Waals surface area contributed by atoms with Crippen molar-refractivity contribution < 1.29 is 9.53 Å². The van der Waals surface area contributed by atoms with Gasteiger partial charge in [-0.3, -0.25) is 0 Å². The summed E-state index contributed by atoms with van der Waals surface area (Å²) >= 11 is 4.42. The van der Waals surface area contributed by atoms with Crippen molar-refractivity contribution in [2.45, 2.75) is 13.6 Å². The molecule has 0 amide bonds. The summed E-state index contributed by atoms with van der Waals surface area (Å²) in [7, 11) is 1.33. The van der Waals surface area contributed by atoms with Gasteiger partial charge in [-0.1, -0.05) is 40.9 Å².